The molecule has 2 amide bonds. The summed E-state index contributed by atoms with van der Waals surface area (Å²) in [5, 5.41) is 5.57. The molecule has 0 radical (unpaired) electrons. The van der Waals surface area contributed by atoms with Crippen LogP contribution >= 0.6 is 23.4 Å². The van der Waals surface area contributed by atoms with Crippen molar-refractivity contribution in [3.05, 3.63) is 101 Å². The second kappa shape index (κ2) is 9.57. The highest BCUT2D eigenvalue weighted by Gasteiger charge is 2.39. The van der Waals surface area contributed by atoms with Crippen molar-refractivity contribution in [2.75, 3.05) is 5.75 Å². The number of rotatable bonds is 5. The Morgan fingerprint density at radius 2 is 1.74 bits per heavy atom. The van der Waals surface area contributed by atoms with E-state index in [9.17, 15) is 9.59 Å². The van der Waals surface area contributed by atoms with Gasteiger partial charge in [-0.25, -0.2) is 0 Å². The Morgan fingerprint density at radius 1 is 1.03 bits per heavy atom. The van der Waals surface area contributed by atoms with E-state index in [1.54, 1.807) is 4.90 Å². The van der Waals surface area contributed by atoms with Gasteiger partial charge in [0.25, 0.3) is 0 Å². The molecule has 172 valence electrons. The number of nitrogens with one attached hydrogen (secondary N) is 1. The maximum absolute atomic E-state index is 13.8. The first-order valence-corrected chi connectivity index (χ1v) is 12.5. The van der Waals surface area contributed by atoms with E-state index in [-0.39, 0.29) is 24.1 Å². The smallest absolute Gasteiger partial charge is 0.247 e. The number of fused-ring (bicyclic) bond motifs is 3. The lowest BCUT2D eigenvalue weighted by atomic mass is 10.0. The van der Waals surface area contributed by atoms with Crippen LogP contribution in [0.15, 0.2) is 83.9 Å². The summed E-state index contributed by atoms with van der Waals surface area (Å²) in [5.74, 6) is -0.0428. The van der Waals surface area contributed by atoms with Gasteiger partial charge in [-0.05, 0) is 23.3 Å². The molecule has 5 rings (SSSR count). The van der Waals surface area contributed by atoms with Gasteiger partial charge in [-0.3, -0.25) is 9.59 Å². The normalized spacial score (nSPS) is 15.8. The quantitative estimate of drug-likeness (QED) is 0.412. The first kappa shape index (κ1) is 22.6. The molecule has 2 heterocycles. The molecule has 1 N–H and O–H groups in total. The molecule has 0 aliphatic carbocycles. The van der Waals surface area contributed by atoms with Gasteiger partial charge in [0.05, 0.1) is 10.8 Å². The molecule has 0 fully saturated rings. The molecule has 0 unspecified atom stereocenters. The molecule has 1 aliphatic heterocycles. The second-order valence-corrected chi connectivity index (χ2v) is 9.67. The Labute approximate surface area is 207 Å². The highest BCUT2D eigenvalue weighted by molar-refractivity contribution is 8.00. The standard InChI is InChI=1S/C27H24ClN3O2S/c1-30-22-14-8-6-12-20(22)24-25(26(33)29-15-18-9-3-2-4-10-18)31(23(32)17-34-27(24)30)16-19-11-5-7-13-21(19)28/h2-14,25H,15-17H2,1H3,(H,29,33)/t25-/m1/s1. The third-order valence-corrected chi connectivity index (χ3v) is 7.71. The van der Waals surface area contributed by atoms with E-state index in [0.29, 0.717) is 11.6 Å². The average molecular weight is 490 g/mol. The van der Waals surface area contributed by atoms with Gasteiger partial charge in [0.15, 0.2) is 0 Å². The van der Waals surface area contributed by atoms with Gasteiger partial charge in [-0.2, -0.15) is 0 Å². The monoisotopic (exact) mass is 489 g/mol. The molecule has 0 bridgehead atoms. The fraction of sp³-hybridized carbons (Fsp3) is 0.185. The number of benzene rings is 3. The largest absolute Gasteiger partial charge is 0.350 e. The predicted octanol–water partition coefficient (Wildman–Crippen LogP) is 5.32. The number of halogens is 1. The van der Waals surface area contributed by atoms with Crippen LogP contribution in [0, 0.1) is 0 Å². The van der Waals surface area contributed by atoms with E-state index in [1.807, 2.05) is 85.9 Å². The Balaban J connectivity index is 1.60. The molecule has 34 heavy (non-hydrogen) atoms. The molecule has 3 aromatic carbocycles. The van der Waals surface area contributed by atoms with Gasteiger partial charge in [0.2, 0.25) is 11.8 Å². The molecule has 1 aromatic heterocycles. The Bertz CT molecular complexity index is 1370. The minimum absolute atomic E-state index is 0.0925. The van der Waals surface area contributed by atoms with Crippen LogP contribution in [0.25, 0.3) is 10.9 Å². The highest BCUT2D eigenvalue weighted by atomic mass is 35.5. The molecule has 1 aliphatic rings. The van der Waals surface area contributed by atoms with Crippen molar-refractivity contribution in [1.29, 1.82) is 0 Å². The summed E-state index contributed by atoms with van der Waals surface area (Å²) in [4.78, 5) is 28.9. The van der Waals surface area contributed by atoms with E-state index < -0.39 is 6.04 Å². The summed E-state index contributed by atoms with van der Waals surface area (Å²) in [5.41, 5.74) is 3.72. The van der Waals surface area contributed by atoms with Crippen LogP contribution in [-0.4, -0.2) is 27.0 Å². The lowest BCUT2D eigenvalue weighted by Crippen LogP contribution is -2.43. The SMILES string of the molecule is Cn1c2c(c3ccccc31)[C@H](C(=O)NCc1ccccc1)N(Cc1ccccc1Cl)C(=O)CS2. The molecule has 0 spiro atoms. The van der Waals surface area contributed by atoms with Crippen LogP contribution in [0.2, 0.25) is 5.02 Å². The minimum atomic E-state index is -0.774. The van der Waals surface area contributed by atoms with Crippen LogP contribution in [0.1, 0.15) is 22.7 Å². The number of carbonyl (C=O) groups excluding carboxylic acids is 2. The van der Waals surface area contributed by atoms with Crippen molar-refractivity contribution < 1.29 is 9.59 Å². The zero-order valence-corrected chi connectivity index (χ0v) is 20.3. The van der Waals surface area contributed by atoms with E-state index in [2.05, 4.69) is 9.88 Å². The molecule has 4 aromatic rings. The molecule has 5 nitrogen and oxygen atoms in total. The topological polar surface area (TPSA) is 54.3 Å². The molecule has 0 saturated heterocycles. The number of thioether (sulfide) groups is 1. The van der Waals surface area contributed by atoms with Gasteiger partial charge < -0.3 is 14.8 Å². The predicted molar refractivity (Wildman–Crippen MR) is 137 cm³/mol. The summed E-state index contributed by atoms with van der Waals surface area (Å²) in [6, 6.07) is 24.5. The maximum Gasteiger partial charge on any atom is 0.247 e. The maximum atomic E-state index is 13.8. The summed E-state index contributed by atoms with van der Waals surface area (Å²) in [6.45, 7) is 0.642. The van der Waals surface area contributed by atoms with Gasteiger partial charge >= 0.3 is 0 Å². The van der Waals surface area contributed by atoms with Crippen molar-refractivity contribution in [3.8, 4) is 0 Å². The number of aryl methyl sites for hydroxylation is 1. The summed E-state index contributed by atoms with van der Waals surface area (Å²) >= 11 is 7.93. The Hall–Kier alpha value is -3.22. The summed E-state index contributed by atoms with van der Waals surface area (Å²) in [7, 11) is 1.99. The number of para-hydroxylation sites is 1. The van der Waals surface area contributed by atoms with Crippen LogP contribution in [0.5, 0.6) is 0 Å². The number of amides is 2. The zero-order valence-electron chi connectivity index (χ0n) is 18.7. The Morgan fingerprint density at radius 3 is 2.53 bits per heavy atom. The number of aromatic nitrogens is 1. The van der Waals surface area contributed by atoms with Crippen molar-refractivity contribution in [3.63, 3.8) is 0 Å². The van der Waals surface area contributed by atoms with Crippen molar-refractivity contribution >= 4 is 46.1 Å². The Kier molecular flexibility index (Phi) is 6.35. The first-order chi connectivity index (χ1) is 16.5. The van der Waals surface area contributed by atoms with Crippen LogP contribution in [-0.2, 0) is 29.7 Å². The zero-order chi connectivity index (χ0) is 23.7. The van der Waals surface area contributed by atoms with Gasteiger partial charge in [-0.1, -0.05) is 90.1 Å². The number of hydrogen-bond acceptors (Lipinski definition) is 3. The van der Waals surface area contributed by atoms with E-state index in [0.717, 1.165) is 32.6 Å². The van der Waals surface area contributed by atoms with Crippen LogP contribution < -0.4 is 5.32 Å². The number of carbonyl (C=O) groups is 2. The van der Waals surface area contributed by atoms with Crippen molar-refractivity contribution in [2.45, 2.75) is 24.2 Å². The summed E-state index contributed by atoms with van der Waals surface area (Å²) in [6.07, 6.45) is 0. The van der Waals surface area contributed by atoms with Crippen molar-refractivity contribution in [1.82, 2.24) is 14.8 Å². The van der Waals surface area contributed by atoms with E-state index in [1.165, 1.54) is 11.8 Å². The number of nitrogens with zero attached hydrogens (tertiary/aromatic N) is 2. The fourth-order valence-electron chi connectivity index (χ4n) is 4.49. The lowest BCUT2D eigenvalue weighted by molar-refractivity contribution is -0.139. The molecule has 7 heteroatoms. The van der Waals surface area contributed by atoms with Gasteiger partial charge in [-0.15, -0.1) is 0 Å². The molecular formula is C27H24ClN3O2S. The van der Waals surface area contributed by atoms with Gasteiger partial charge in [0.1, 0.15) is 6.04 Å². The lowest BCUT2D eigenvalue weighted by Gasteiger charge is -2.30. The number of hydrogen-bond donors (Lipinski definition) is 1. The van der Waals surface area contributed by atoms with E-state index in [4.69, 9.17) is 11.6 Å². The average Bonchev–Trinajstić information content (AvgIpc) is 3.04. The first-order valence-electron chi connectivity index (χ1n) is 11.1. The second-order valence-electron chi connectivity index (χ2n) is 8.30. The molecular weight excluding hydrogens is 466 g/mol. The summed E-state index contributed by atoms with van der Waals surface area (Å²) < 4.78 is 2.08. The molecule has 1 atom stereocenters. The van der Waals surface area contributed by atoms with Crippen molar-refractivity contribution in [2.24, 2.45) is 7.05 Å². The fourth-order valence-corrected chi connectivity index (χ4v) is 5.79. The minimum Gasteiger partial charge on any atom is -0.350 e. The van der Waals surface area contributed by atoms with Crippen LogP contribution in [0.3, 0.4) is 0 Å². The third-order valence-electron chi connectivity index (χ3n) is 6.18. The van der Waals surface area contributed by atoms with E-state index >= 15 is 0 Å². The van der Waals surface area contributed by atoms with Gasteiger partial charge in [0, 0.05) is 41.6 Å². The third kappa shape index (κ3) is 4.19. The molecule has 0 saturated carbocycles. The highest BCUT2D eigenvalue weighted by Crippen LogP contribution is 2.42. The van der Waals surface area contributed by atoms with Crippen LogP contribution in [0.4, 0.5) is 0 Å².